The molecule has 0 unspecified atom stereocenters. The van der Waals surface area contributed by atoms with Gasteiger partial charge in [-0.25, -0.2) is 0 Å². The summed E-state index contributed by atoms with van der Waals surface area (Å²) in [5.74, 6) is 1.15. The van der Waals surface area contributed by atoms with Gasteiger partial charge in [0.05, 0.1) is 11.6 Å². The summed E-state index contributed by atoms with van der Waals surface area (Å²) in [7, 11) is 0. The standard InChI is InChI=1S/C14H12ClNO2S/c15-12-7-10(5-6-11(12)14(16)19)18-13-4-2-1-3-9(13)8-17/h1-7,17H,8H2,(H2,16,19). The van der Waals surface area contributed by atoms with Gasteiger partial charge in [0.2, 0.25) is 0 Å². The average molecular weight is 294 g/mol. The number of hydrogen-bond donors (Lipinski definition) is 2. The Kier molecular flexibility index (Phi) is 4.37. The summed E-state index contributed by atoms with van der Waals surface area (Å²) in [6.45, 7) is -0.0884. The SMILES string of the molecule is NC(=S)c1ccc(Oc2ccccc2CO)cc1Cl. The molecule has 0 bridgehead atoms. The number of ether oxygens (including phenoxy) is 1. The van der Waals surface area contributed by atoms with Crippen molar-refractivity contribution in [2.45, 2.75) is 6.61 Å². The highest BCUT2D eigenvalue weighted by Gasteiger charge is 2.07. The molecule has 0 saturated heterocycles. The number of aliphatic hydroxyl groups excluding tert-OH is 1. The predicted octanol–water partition coefficient (Wildman–Crippen LogP) is 3.26. The lowest BCUT2D eigenvalue weighted by Gasteiger charge is -2.10. The second-order valence-corrected chi connectivity index (χ2v) is 4.72. The molecule has 0 fully saturated rings. The van der Waals surface area contributed by atoms with Crippen molar-refractivity contribution in [2.75, 3.05) is 0 Å². The molecule has 3 nitrogen and oxygen atoms in total. The molecule has 2 aromatic rings. The second-order valence-electron chi connectivity index (χ2n) is 3.87. The van der Waals surface area contributed by atoms with Gasteiger partial charge in [-0.3, -0.25) is 0 Å². The van der Waals surface area contributed by atoms with Gasteiger partial charge < -0.3 is 15.6 Å². The number of halogens is 1. The Labute approximate surface area is 121 Å². The van der Waals surface area contributed by atoms with E-state index in [0.29, 0.717) is 27.6 Å². The van der Waals surface area contributed by atoms with Crippen molar-refractivity contribution in [2.24, 2.45) is 5.73 Å². The van der Waals surface area contributed by atoms with Crippen molar-refractivity contribution in [3.05, 3.63) is 58.6 Å². The van der Waals surface area contributed by atoms with Crippen LogP contribution in [0.1, 0.15) is 11.1 Å². The van der Waals surface area contributed by atoms with Crippen molar-refractivity contribution in [3.63, 3.8) is 0 Å². The summed E-state index contributed by atoms with van der Waals surface area (Å²) in [5.41, 5.74) is 6.85. The van der Waals surface area contributed by atoms with Gasteiger partial charge in [-0.15, -0.1) is 0 Å². The van der Waals surface area contributed by atoms with Crippen LogP contribution in [0, 0.1) is 0 Å². The van der Waals surface area contributed by atoms with E-state index in [1.807, 2.05) is 12.1 Å². The van der Waals surface area contributed by atoms with E-state index in [2.05, 4.69) is 0 Å². The summed E-state index contributed by atoms with van der Waals surface area (Å²) in [6, 6.07) is 12.3. The summed E-state index contributed by atoms with van der Waals surface area (Å²) >= 11 is 10.9. The second kappa shape index (κ2) is 6.02. The third-order valence-electron chi connectivity index (χ3n) is 2.58. The molecule has 0 amide bonds. The first kappa shape index (κ1) is 13.8. The molecule has 5 heteroatoms. The van der Waals surface area contributed by atoms with Crippen LogP contribution in [-0.2, 0) is 6.61 Å². The monoisotopic (exact) mass is 293 g/mol. The Morgan fingerprint density at radius 2 is 2.00 bits per heavy atom. The molecular weight excluding hydrogens is 282 g/mol. The van der Waals surface area contributed by atoms with Crippen LogP contribution in [0.3, 0.4) is 0 Å². The molecule has 19 heavy (non-hydrogen) atoms. The Bertz CT molecular complexity index is 616. The van der Waals surface area contributed by atoms with Gasteiger partial charge in [-0.1, -0.05) is 42.0 Å². The fraction of sp³-hybridized carbons (Fsp3) is 0.0714. The van der Waals surface area contributed by atoms with Gasteiger partial charge in [0, 0.05) is 17.2 Å². The van der Waals surface area contributed by atoms with Crippen molar-refractivity contribution in [1.29, 1.82) is 0 Å². The van der Waals surface area contributed by atoms with Gasteiger partial charge in [0.15, 0.2) is 0 Å². The highest BCUT2D eigenvalue weighted by atomic mass is 35.5. The molecule has 0 aliphatic heterocycles. The van der Waals surface area contributed by atoms with Gasteiger partial charge in [0.25, 0.3) is 0 Å². The van der Waals surface area contributed by atoms with E-state index < -0.39 is 0 Å². The third-order valence-corrected chi connectivity index (χ3v) is 3.11. The van der Waals surface area contributed by atoms with E-state index in [1.165, 1.54) is 0 Å². The third kappa shape index (κ3) is 3.23. The lowest BCUT2D eigenvalue weighted by Crippen LogP contribution is -2.09. The summed E-state index contributed by atoms with van der Waals surface area (Å²) < 4.78 is 5.69. The van der Waals surface area contributed by atoms with Crippen LogP contribution in [0.25, 0.3) is 0 Å². The number of thiocarbonyl (C=S) groups is 1. The first-order chi connectivity index (χ1) is 9.11. The average Bonchev–Trinajstić information content (AvgIpc) is 2.39. The Balaban J connectivity index is 2.29. The summed E-state index contributed by atoms with van der Waals surface area (Å²) in [4.78, 5) is 0.243. The van der Waals surface area contributed by atoms with Gasteiger partial charge >= 0.3 is 0 Å². The molecule has 0 aromatic heterocycles. The molecule has 98 valence electrons. The van der Waals surface area contributed by atoms with Crippen LogP contribution in [-0.4, -0.2) is 10.1 Å². The van der Waals surface area contributed by atoms with E-state index >= 15 is 0 Å². The number of hydrogen-bond acceptors (Lipinski definition) is 3. The normalized spacial score (nSPS) is 10.2. The molecule has 0 aliphatic rings. The van der Waals surface area contributed by atoms with Gasteiger partial charge in [0.1, 0.15) is 16.5 Å². The van der Waals surface area contributed by atoms with Crippen LogP contribution in [0.4, 0.5) is 0 Å². The first-order valence-electron chi connectivity index (χ1n) is 5.58. The van der Waals surface area contributed by atoms with Crippen molar-refractivity contribution in [3.8, 4) is 11.5 Å². The predicted molar refractivity (Wildman–Crippen MR) is 79.8 cm³/mol. The van der Waals surface area contributed by atoms with E-state index in [1.54, 1.807) is 30.3 Å². The zero-order chi connectivity index (χ0) is 13.8. The molecular formula is C14H12ClNO2S. The summed E-state index contributed by atoms with van der Waals surface area (Å²) in [6.07, 6.45) is 0. The number of benzene rings is 2. The number of rotatable bonds is 4. The summed E-state index contributed by atoms with van der Waals surface area (Å²) in [5, 5.41) is 9.66. The van der Waals surface area contributed by atoms with Crippen LogP contribution in [0.5, 0.6) is 11.5 Å². The molecule has 0 spiro atoms. The maximum Gasteiger partial charge on any atom is 0.132 e. The highest BCUT2D eigenvalue weighted by Crippen LogP contribution is 2.28. The molecule has 0 heterocycles. The van der Waals surface area contributed by atoms with Gasteiger partial charge in [-0.05, 0) is 18.2 Å². The lowest BCUT2D eigenvalue weighted by molar-refractivity contribution is 0.276. The van der Waals surface area contributed by atoms with E-state index in [4.69, 9.17) is 34.3 Å². The minimum atomic E-state index is -0.0884. The van der Waals surface area contributed by atoms with E-state index in [-0.39, 0.29) is 11.6 Å². The largest absolute Gasteiger partial charge is 0.457 e. The quantitative estimate of drug-likeness (QED) is 0.850. The van der Waals surface area contributed by atoms with Crippen LogP contribution < -0.4 is 10.5 Å². The fourth-order valence-electron chi connectivity index (χ4n) is 1.62. The fourth-order valence-corrected chi connectivity index (χ4v) is 2.13. The molecule has 2 rings (SSSR count). The van der Waals surface area contributed by atoms with Crippen LogP contribution in [0.15, 0.2) is 42.5 Å². The molecule has 0 aliphatic carbocycles. The zero-order valence-corrected chi connectivity index (χ0v) is 11.5. The maximum atomic E-state index is 9.23. The van der Waals surface area contributed by atoms with Crippen molar-refractivity contribution >= 4 is 28.8 Å². The Morgan fingerprint density at radius 1 is 1.26 bits per heavy atom. The minimum Gasteiger partial charge on any atom is -0.457 e. The van der Waals surface area contributed by atoms with E-state index in [9.17, 15) is 5.11 Å². The number of nitrogens with two attached hydrogens (primary N) is 1. The first-order valence-corrected chi connectivity index (χ1v) is 6.36. The lowest BCUT2D eigenvalue weighted by atomic mass is 10.2. The minimum absolute atomic E-state index is 0.0884. The molecule has 0 saturated carbocycles. The molecule has 3 N–H and O–H groups in total. The molecule has 0 radical (unpaired) electrons. The van der Waals surface area contributed by atoms with E-state index in [0.717, 1.165) is 0 Å². The Morgan fingerprint density at radius 3 is 2.63 bits per heavy atom. The molecule has 2 aromatic carbocycles. The Hall–Kier alpha value is -1.62. The molecule has 0 atom stereocenters. The zero-order valence-electron chi connectivity index (χ0n) is 9.97. The number of para-hydroxylation sites is 1. The van der Waals surface area contributed by atoms with Crippen LogP contribution >= 0.6 is 23.8 Å². The number of aliphatic hydroxyl groups is 1. The topological polar surface area (TPSA) is 55.5 Å². The maximum absolute atomic E-state index is 9.23. The van der Waals surface area contributed by atoms with Crippen molar-refractivity contribution < 1.29 is 9.84 Å². The van der Waals surface area contributed by atoms with Gasteiger partial charge in [-0.2, -0.15) is 0 Å². The highest BCUT2D eigenvalue weighted by molar-refractivity contribution is 7.80. The van der Waals surface area contributed by atoms with Crippen molar-refractivity contribution in [1.82, 2.24) is 0 Å². The van der Waals surface area contributed by atoms with Crippen LogP contribution in [0.2, 0.25) is 5.02 Å². The smallest absolute Gasteiger partial charge is 0.132 e.